The molecule has 2 heterocycles. The minimum absolute atomic E-state index is 0.593. The van der Waals surface area contributed by atoms with Gasteiger partial charge >= 0.3 is 0 Å². The minimum Gasteiger partial charge on any atom is -0.476 e. The second-order valence-corrected chi connectivity index (χ2v) is 6.54. The molecule has 3 aromatic rings. The molecule has 5 heteroatoms. The monoisotopic (exact) mass is 334 g/mol. The number of piperidine rings is 1. The van der Waals surface area contributed by atoms with Crippen LogP contribution >= 0.6 is 0 Å². The van der Waals surface area contributed by atoms with Crippen molar-refractivity contribution in [2.45, 2.75) is 12.8 Å². The molecule has 0 atom stereocenters. The smallest absolute Gasteiger partial charge is 0.232 e. The average Bonchev–Trinajstić information content (AvgIpc) is 2.66. The second-order valence-electron chi connectivity index (χ2n) is 6.54. The van der Waals surface area contributed by atoms with Crippen LogP contribution in [0.3, 0.4) is 0 Å². The van der Waals surface area contributed by atoms with Crippen molar-refractivity contribution in [3.8, 4) is 17.0 Å². The molecule has 0 radical (unpaired) electrons. The first kappa shape index (κ1) is 15.8. The Balaban J connectivity index is 1.56. The van der Waals surface area contributed by atoms with Crippen molar-refractivity contribution < 1.29 is 4.74 Å². The molecule has 1 aliphatic rings. The average molecular weight is 334 g/mol. The maximum absolute atomic E-state index is 5.90. The SMILES string of the molecule is Nc1cccc(-c2ccc3ncc(OCC4CCNCC4)nc3c2)c1. The van der Waals surface area contributed by atoms with Gasteiger partial charge in [-0.25, -0.2) is 9.97 Å². The van der Waals surface area contributed by atoms with E-state index in [1.807, 2.05) is 42.5 Å². The molecule has 4 rings (SSSR count). The van der Waals surface area contributed by atoms with E-state index >= 15 is 0 Å². The third-order valence-corrected chi connectivity index (χ3v) is 4.67. The summed E-state index contributed by atoms with van der Waals surface area (Å²) in [5.41, 5.74) is 10.5. The van der Waals surface area contributed by atoms with E-state index in [0.29, 0.717) is 18.4 Å². The third kappa shape index (κ3) is 3.72. The fraction of sp³-hybridized carbons (Fsp3) is 0.300. The highest BCUT2D eigenvalue weighted by atomic mass is 16.5. The molecule has 128 valence electrons. The van der Waals surface area contributed by atoms with E-state index in [4.69, 9.17) is 10.5 Å². The van der Waals surface area contributed by atoms with Crippen LogP contribution in [-0.2, 0) is 0 Å². The van der Waals surface area contributed by atoms with Gasteiger partial charge in [-0.05, 0) is 67.2 Å². The second kappa shape index (κ2) is 7.07. The third-order valence-electron chi connectivity index (χ3n) is 4.67. The molecule has 0 unspecified atom stereocenters. The van der Waals surface area contributed by atoms with E-state index in [1.165, 1.54) is 0 Å². The predicted octanol–water partition coefficient (Wildman–Crippen LogP) is 3.26. The summed E-state index contributed by atoms with van der Waals surface area (Å²) in [4.78, 5) is 9.11. The van der Waals surface area contributed by atoms with Gasteiger partial charge in [-0.15, -0.1) is 0 Å². The Labute approximate surface area is 147 Å². The lowest BCUT2D eigenvalue weighted by atomic mass is 9.99. The quantitative estimate of drug-likeness (QED) is 0.717. The van der Waals surface area contributed by atoms with Crippen LogP contribution in [0.25, 0.3) is 22.2 Å². The van der Waals surface area contributed by atoms with Crippen LogP contribution in [0.5, 0.6) is 5.88 Å². The fourth-order valence-electron chi connectivity index (χ4n) is 3.21. The molecule has 1 aromatic heterocycles. The topological polar surface area (TPSA) is 73.1 Å². The van der Waals surface area contributed by atoms with E-state index in [0.717, 1.165) is 53.8 Å². The van der Waals surface area contributed by atoms with Crippen molar-refractivity contribution in [2.75, 3.05) is 25.4 Å². The molecular weight excluding hydrogens is 312 g/mol. The molecule has 0 spiro atoms. The van der Waals surface area contributed by atoms with Crippen LogP contribution < -0.4 is 15.8 Å². The molecule has 25 heavy (non-hydrogen) atoms. The molecule has 2 aromatic carbocycles. The van der Waals surface area contributed by atoms with Gasteiger partial charge < -0.3 is 15.8 Å². The highest BCUT2D eigenvalue weighted by molar-refractivity contribution is 5.82. The van der Waals surface area contributed by atoms with Gasteiger partial charge in [-0.2, -0.15) is 0 Å². The zero-order chi connectivity index (χ0) is 17.1. The maximum Gasteiger partial charge on any atom is 0.232 e. The van der Waals surface area contributed by atoms with Crippen LogP contribution in [0, 0.1) is 5.92 Å². The number of anilines is 1. The van der Waals surface area contributed by atoms with E-state index in [-0.39, 0.29) is 0 Å². The lowest BCUT2D eigenvalue weighted by molar-refractivity contribution is 0.209. The minimum atomic E-state index is 0.593. The van der Waals surface area contributed by atoms with Gasteiger partial charge in [0.05, 0.1) is 23.8 Å². The summed E-state index contributed by atoms with van der Waals surface area (Å²) in [5, 5.41) is 3.37. The Bertz CT molecular complexity index is 874. The van der Waals surface area contributed by atoms with Gasteiger partial charge in [0.1, 0.15) is 0 Å². The molecule has 3 N–H and O–H groups in total. The predicted molar refractivity (Wildman–Crippen MR) is 100 cm³/mol. The number of nitrogen functional groups attached to an aromatic ring is 1. The van der Waals surface area contributed by atoms with Gasteiger partial charge in [0.25, 0.3) is 0 Å². The Morgan fingerprint density at radius 1 is 1.04 bits per heavy atom. The molecule has 0 amide bonds. The van der Waals surface area contributed by atoms with E-state index in [2.05, 4.69) is 15.3 Å². The van der Waals surface area contributed by atoms with Crippen molar-refractivity contribution >= 4 is 16.7 Å². The number of nitrogens with one attached hydrogen (secondary N) is 1. The number of nitrogens with zero attached hydrogens (tertiary/aromatic N) is 2. The van der Waals surface area contributed by atoms with Gasteiger partial charge in [-0.3, -0.25) is 0 Å². The molecule has 1 saturated heterocycles. The number of ether oxygens (including phenoxy) is 1. The molecule has 1 fully saturated rings. The molecule has 0 bridgehead atoms. The van der Waals surface area contributed by atoms with Crippen molar-refractivity contribution in [3.63, 3.8) is 0 Å². The Kier molecular flexibility index (Phi) is 4.48. The van der Waals surface area contributed by atoms with Crippen molar-refractivity contribution in [3.05, 3.63) is 48.7 Å². The first-order chi connectivity index (χ1) is 12.3. The van der Waals surface area contributed by atoms with Crippen LogP contribution in [-0.4, -0.2) is 29.7 Å². The zero-order valence-corrected chi connectivity index (χ0v) is 14.1. The van der Waals surface area contributed by atoms with Crippen LogP contribution in [0.4, 0.5) is 5.69 Å². The summed E-state index contributed by atoms with van der Waals surface area (Å²) in [6, 6.07) is 13.9. The van der Waals surface area contributed by atoms with Crippen LogP contribution in [0.1, 0.15) is 12.8 Å². The number of hydrogen-bond donors (Lipinski definition) is 2. The van der Waals surface area contributed by atoms with Crippen LogP contribution in [0.2, 0.25) is 0 Å². The lowest BCUT2D eigenvalue weighted by Gasteiger charge is -2.22. The molecule has 1 aliphatic heterocycles. The number of hydrogen-bond acceptors (Lipinski definition) is 5. The van der Waals surface area contributed by atoms with Crippen LogP contribution in [0.15, 0.2) is 48.7 Å². The Morgan fingerprint density at radius 3 is 2.72 bits per heavy atom. The van der Waals surface area contributed by atoms with Gasteiger partial charge in [0.15, 0.2) is 0 Å². The number of nitrogens with two attached hydrogens (primary N) is 1. The summed E-state index contributed by atoms with van der Waals surface area (Å²) < 4.78 is 5.90. The fourth-order valence-corrected chi connectivity index (χ4v) is 3.21. The van der Waals surface area contributed by atoms with E-state index in [1.54, 1.807) is 6.20 Å². The summed E-state index contributed by atoms with van der Waals surface area (Å²) in [5.74, 6) is 1.19. The van der Waals surface area contributed by atoms with Crippen molar-refractivity contribution in [1.29, 1.82) is 0 Å². The molecule has 0 aliphatic carbocycles. The standard InChI is InChI=1S/C20H22N4O/c21-17-3-1-2-15(10-17)16-4-5-18-19(11-16)24-20(12-23-18)25-13-14-6-8-22-9-7-14/h1-5,10-12,14,22H,6-9,13,21H2. The Morgan fingerprint density at radius 2 is 1.88 bits per heavy atom. The first-order valence-electron chi connectivity index (χ1n) is 8.74. The van der Waals surface area contributed by atoms with E-state index < -0.39 is 0 Å². The first-order valence-corrected chi connectivity index (χ1v) is 8.74. The summed E-state index contributed by atoms with van der Waals surface area (Å²) >= 11 is 0. The van der Waals surface area contributed by atoms with Gasteiger partial charge in [0, 0.05) is 5.69 Å². The molecule has 5 nitrogen and oxygen atoms in total. The number of aromatic nitrogens is 2. The van der Waals surface area contributed by atoms with Gasteiger partial charge in [0.2, 0.25) is 5.88 Å². The van der Waals surface area contributed by atoms with Crippen molar-refractivity contribution in [1.82, 2.24) is 15.3 Å². The summed E-state index contributed by atoms with van der Waals surface area (Å²) in [6.07, 6.45) is 4.02. The summed E-state index contributed by atoms with van der Waals surface area (Å²) in [6.45, 7) is 2.85. The normalized spacial score (nSPS) is 15.4. The number of benzene rings is 2. The highest BCUT2D eigenvalue weighted by Crippen LogP contribution is 2.25. The highest BCUT2D eigenvalue weighted by Gasteiger charge is 2.14. The zero-order valence-electron chi connectivity index (χ0n) is 14.1. The van der Waals surface area contributed by atoms with E-state index in [9.17, 15) is 0 Å². The van der Waals surface area contributed by atoms with Crippen molar-refractivity contribution in [2.24, 2.45) is 5.92 Å². The van der Waals surface area contributed by atoms with Gasteiger partial charge in [-0.1, -0.05) is 18.2 Å². The molecule has 0 saturated carbocycles. The molecular formula is C20H22N4O. The largest absolute Gasteiger partial charge is 0.476 e. The number of fused-ring (bicyclic) bond motifs is 1. The Hall–Kier alpha value is -2.66. The maximum atomic E-state index is 5.90. The lowest BCUT2D eigenvalue weighted by Crippen LogP contribution is -2.30. The summed E-state index contributed by atoms with van der Waals surface area (Å²) in [7, 11) is 0. The number of rotatable bonds is 4.